The number of piperidine rings is 1. The van der Waals surface area contributed by atoms with Gasteiger partial charge in [0.15, 0.2) is 0 Å². The summed E-state index contributed by atoms with van der Waals surface area (Å²) in [5.41, 5.74) is -0.149. The number of ketones is 1. The summed E-state index contributed by atoms with van der Waals surface area (Å²) in [4.78, 5) is 25.5. The Kier molecular flexibility index (Phi) is 4.12. The molecule has 0 aromatic carbocycles. The molecule has 20 heavy (non-hydrogen) atoms. The Morgan fingerprint density at radius 1 is 1.25 bits per heavy atom. The summed E-state index contributed by atoms with van der Waals surface area (Å²) < 4.78 is 5.42. The number of hydrogen-bond acceptors (Lipinski definition) is 3. The molecule has 1 atom stereocenters. The van der Waals surface area contributed by atoms with E-state index < -0.39 is 5.60 Å². The lowest BCUT2D eigenvalue weighted by Gasteiger charge is -2.45. The molecule has 1 spiro atoms. The second kappa shape index (κ2) is 5.38. The van der Waals surface area contributed by atoms with E-state index >= 15 is 0 Å². The van der Waals surface area contributed by atoms with Gasteiger partial charge in [0.05, 0.1) is 0 Å². The highest BCUT2D eigenvalue weighted by Crippen LogP contribution is 2.45. The summed E-state index contributed by atoms with van der Waals surface area (Å²) in [6, 6.07) is 0. The van der Waals surface area contributed by atoms with E-state index in [9.17, 15) is 9.59 Å². The van der Waals surface area contributed by atoms with E-state index in [1.165, 1.54) is 0 Å². The Bertz CT molecular complexity index is 389. The zero-order chi connectivity index (χ0) is 15.0. The molecular formula is C16H27NO3. The topological polar surface area (TPSA) is 46.6 Å². The van der Waals surface area contributed by atoms with Gasteiger partial charge >= 0.3 is 6.09 Å². The van der Waals surface area contributed by atoms with Gasteiger partial charge in [-0.05, 0) is 51.9 Å². The average molecular weight is 281 g/mol. The van der Waals surface area contributed by atoms with Crippen LogP contribution in [0.2, 0.25) is 0 Å². The van der Waals surface area contributed by atoms with Gasteiger partial charge in [-0.15, -0.1) is 0 Å². The summed E-state index contributed by atoms with van der Waals surface area (Å²) in [6.45, 7) is 9.25. The highest BCUT2D eigenvalue weighted by molar-refractivity contribution is 5.81. The maximum Gasteiger partial charge on any atom is 0.410 e. The van der Waals surface area contributed by atoms with E-state index in [-0.39, 0.29) is 17.4 Å². The normalized spacial score (nSPS) is 26.7. The molecule has 0 bridgehead atoms. The molecular weight excluding hydrogens is 254 g/mol. The van der Waals surface area contributed by atoms with E-state index in [2.05, 4.69) is 0 Å². The van der Waals surface area contributed by atoms with Crippen molar-refractivity contribution in [1.82, 2.24) is 4.90 Å². The molecule has 114 valence electrons. The van der Waals surface area contributed by atoms with Crippen molar-refractivity contribution >= 4 is 11.9 Å². The summed E-state index contributed by atoms with van der Waals surface area (Å²) in [6.07, 6.45) is 4.51. The van der Waals surface area contributed by atoms with Gasteiger partial charge in [0.2, 0.25) is 0 Å². The van der Waals surface area contributed by atoms with Crippen LogP contribution in [0.1, 0.15) is 59.8 Å². The standard InChI is InChI=1S/C16H27NO3/c1-12-11-16(6-5-13(12)18)7-9-17(10-8-16)14(19)20-15(2,3)4/h12H,5-11H2,1-4H3. The molecule has 2 rings (SSSR count). The van der Waals surface area contributed by atoms with Crippen molar-refractivity contribution in [2.75, 3.05) is 13.1 Å². The van der Waals surface area contributed by atoms with Crippen LogP contribution >= 0.6 is 0 Å². The zero-order valence-electron chi connectivity index (χ0n) is 13.2. The first-order valence-corrected chi connectivity index (χ1v) is 7.71. The first-order valence-electron chi connectivity index (χ1n) is 7.71. The number of Topliss-reactive ketones (excluding diaryl/α,β-unsaturated/α-hetero) is 1. The maximum absolute atomic E-state index is 12.1. The first kappa shape index (κ1) is 15.3. The number of carbonyl (C=O) groups excluding carboxylic acids is 2. The van der Waals surface area contributed by atoms with Crippen LogP contribution in [0.3, 0.4) is 0 Å². The Labute approximate surface area is 121 Å². The molecule has 4 nitrogen and oxygen atoms in total. The maximum atomic E-state index is 12.1. The van der Waals surface area contributed by atoms with Crippen molar-refractivity contribution in [3.63, 3.8) is 0 Å². The number of likely N-dealkylation sites (tertiary alicyclic amines) is 1. The van der Waals surface area contributed by atoms with Crippen molar-refractivity contribution in [3.05, 3.63) is 0 Å². The van der Waals surface area contributed by atoms with Gasteiger partial charge in [-0.3, -0.25) is 4.79 Å². The largest absolute Gasteiger partial charge is 0.444 e. The van der Waals surface area contributed by atoms with Gasteiger partial charge in [-0.2, -0.15) is 0 Å². The number of amides is 1. The minimum atomic E-state index is -0.433. The molecule has 0 radical (unpaired) electrons. The SMILES string of the molecule is CC1CC2(CCC1=O)CCN(C(=O)OC(C)(C)C)CC2. The molecule has 2 aliphatic rings. The second-order valence-corrected chi connectivity index (χ2v) is 7.54. The molecule has 4 heteroatoms. The minimum Gasteiger partial charge on any atom is -0.444 e. The van der Waals surface area contributed by atoms with Crippen molar-refractivity contribution in [2.45, 2.75) is 65.4 Å². The second-order valence-electron chi connectivity index (χ2n) is 7.54. The van der Waals surface area contributed by atoms with Crippen molar-refractivity contribution in [2.24, 2.45) is 11.3 Å². The summed E-state index contributed by atoms with van der Waals surface area (Å²) in [7, 11) is 0. The van der Waals surface area contributed by atoms with Gasteiger partial charge in [-0.1, -0.05) is 6.92 Å². The Morgan fingerprint density at radius 2 is 1.85 bits per heavy atom. The number of nitrogens with zero attached hydrogens (tertiary/aromatic N) is 1. The molecule has 1 saturated carbocycles. The molecule has 0 aromatic rings. The third-order valence-electron chi connectivity index (χ3n) is 4.67. The molecule has 1 aliphatic heterocycles. The van der Waals surface area contributed by atoms with Crippen LogP contribution < -0.4 is 0 Å². The fourth-order valence-electron chi connectivity index (χ4n) is 3.44. The third-order valence-corrected chi connectivity index (χ3v) is 4.67. The smallest absolute Gasteiger partial charge is 0.410 e. The van der Waals surface area contributed by atoms with E-state index in [0.717, 1.165) is 38.8 Å². The number of rotatable bonds is 0. The molecule has 0 N–H and O–H groups in total. The molecule has 1 unspecified atom stereocenters. The summed E-state index contributed by atoms with van der Waals surface area (Å²) in [5, 5.41) is 0. The highest BCUT2D eigenvalue weighted by Gasteiger charge is 2.41. The monoisotopic (exact) mass is 281 g/mol. The molecule has 0 aromatic heterocycles. The van der Waals surface area contributed by atoms with Crippen molar-refractivity contribution in [3.8, 4) is 0 Å². The number of carbonyl (C=O) groups is 2. The third kappa shape index (κ3) is 3.53. The Morgan fingerprint density at radius 3 is 2.35 bits per heavy atom. The van der Waals surface area contributed by atoms with Gasteiger partial charge in [0.25, 0.3) is 0 Å². The fraction of sp³-hybridized carbons (Fsp3) is 0.875. The van der Waals surface area contributed by atoms with Crippen LogP contribution in [0.25, 0.3) is 0 Å². The van der Waals surface area contributed by atoms with Crippen molar-refractivity contribution < 1.29 is 14.3 Å². The van der Waals surface area contributed by atoms with E-state index in [0.29, 0.717) is 12.2 Å². The lowest BCUT2D eigenvalue weighted by atomic mass is 9.65. The number of ether oxygens (including phenoxy) is 1. The van der Waals surface area contributed by atoms with Crippen LogP contribution in [0.4, 0.5) is 4.79 Å². The Hall–Kier alpha value is -1.06. The van der Waals surface area contributed by atoms with Crippen LogP contribution in [-0.4, -0.2) is 35.5 Å². The molecule has 1 aliphatic carbocycles. The van der Waals surface area contributed by atoms with Crippen LogP contribution in [0.5, 0.6) is 0 Å². The molecule has 1 heterocycles. The minimum absolute atomic E-state index is 0.192. The predicted molar refractivity (Wildman–Crippen MR) is 77.5 cm³/mol. The average Bonchev–Trinajstić information content (AvgIpc) is 2.33. The number of hydrogen-bond donors (Lipinski definition) is 0. The molecule has 1 amide bonds. The van der Waals surface area contributed by atoms with Gasteiger partial charge in [0, 0.05) is 25.4 Å². The van der Waals surface area contributed by atoms with Crippen LogP contribution in [0, 0.1) is 11.3 Å². The predicted octanol–water partition coefficient (Wildman–Crippen LogP) is 3.39. The summed E-state index contributed by atoms with van der Waals surface area (Å²) in [5.74, 6) is 0.599. The van der Waals surface area contributed by atoms with Crippen molar-refractivity contribution in [1.29, 1.82) is 0 Å². The molecule has 2 fully saturated rings. The van der Waals surface area contributed by atoms with Gasteiger partial charge in [-0.25, -0.2) is 4.79 Å². The highest BCUT2D eigenvalue weighted by atomic mass is 16.6. The lowest BCUT2D eigenvalue weighted by molar-refractivity contribution is -0.128. The van der Waals surface area contributed by atoms with E-state index in [4.69, 9.17) is 4.74 Å². The zero-order valence-corrected chi connectivity index (χ0v) is 13.2. The molecule has 1 saturated heterocycles. The Balaban J connectivity index is 1.89. The fourth-order valence-corrected chi connectivity index (χ4v) is 3.44. The van der Waals surface area contributed by atoms with Crippen LogP contribution in [0.15, 0.2) is 0 Å². The lowest BCUT2D eigenvalue weighted by Crippen LogP contribution is -2.47. The van der Waals surface area contributed by atoms with Gasteiger partial charge < -0.3 is 9.64 Å². The van der Waals surface area contributed by atoms with E-state index in [1.807, 2.05) is 32.6 Å². The van der Waals surface area contributed by atoms with E-state index in [1.54, 1.807) is 0 Å². The van der Waals surface area contributed by atoms with Crippen LogP contribution in [-0.2, 0) is 9.53 Å². The quantitative estimate of drug-likeness (QED) is 0.683. The summed E-state index contributed by atoms with van der Waals surface area (Å²) >= 11 is 0. The van der Waals surface area contributed by atoms with Gasteiger partial charge in [0.1, 0.15) is 11.4 Å². The first-order chi connectivity index (χ1) is 9.21.